The molecule has 0 atom stereocenters. The first-order valence-electron chi connectivity index (χ1n) is 12.5. The second-order valence-corrected chi connectivity index (χ2v) is 8.98. The normalized spacial score (nSPS) is 21.3. The van der Waals surface area contributed by atoms with Gasteiger partial charge in [-0.1, -0.05) is 19.6 Å². The summed E-state index contributed by atoms with van der Waals surface area (Å²) in [7, 11) is 0. The molecular weight excluding hydrogens is 442 g/mol. The van der Waals surface area contributed by atoms with Crippen molar-refractivity contribution in [3.8, 4) is 5.75 Å². The molecule has 0 bridgehead atoms. The summed E-state index contributed by atoms with van der Waals surface area (Å²) in [5.74, 6) is 0.628. The summed E-state index contributed by atoms with van der Waals surface area (Å²) >= 11 is 0. The summed E-state index contributed by atoms with van der Waals surface area (Å²) < 4.78 is 12.0. The average molecular weight is 478 g/mol. The van der Waals surface area contributed by atoms with E-state index in [2.05, 4.69) is 43.9 Å². The number of aliphatic imine (C=N–C) groups is 1. The summed E-state index contributed by atoms with van der Waals surface area (Å²) in [5.41, 5.74) is 4.01. The fourth-order valence-electron chi connectivity index (χ4n) is 4.40. The Morgan fingerprint density at radius 3 is 2.69 bits per heavy atom. The molecule has 8 heteroatoms. The van der Waals surface area contributed by atoms with E-state index in [9.17, 15) is 4.79 Å². The number of hydrogen-bond acceptors (Lipinski definition) is 7. The van der Waals surface area contributed by atoms with Crippen LogP contribution < -0.4 is 15.0 Å². The molecule has 4 rings (SSSR count). The Kier molecular flexibility index (Phi) is 8.47. The number of ether oxygens (including phenoxy) is 2. The highest BCUT2D eigenvalue weighted by Gasteiger charge is 2.25. The minimum absolute atomic E-state index is 0.0698. The molecule has 2 aromatic rings. The number of anilines is 1. The lowest BCUT2D eigenvalue weighted by Crippen LogP contribution is -2.40. The van der Waals surface area contributed by atoms with Gasteiger partial charge in [0.25, 0.3) is 5.91 Å². The van der Waals surface area contributed by atoms with Crippen molar-refractivity contribution < 1.29 is 14.3 Å². The number of benzene rings is 1. The molecule has 1 aliphatic carbocycles. The lowest BCUT2D eigenvalue weighted by atomic mass is 9.92. The van der Waals surface area contributed by atoms with Crippen molar-refractivity contribution in [2.24, 2.45) is 4.99 Å². The minimum Gasteiger partial charge on any atom is -0.488 e. The standard InChI is InChI=1S/C27H35N5O3/c1-4-19(3)18-30-23(5-2)27(33)31-20-6-8-22(9-7-20)35-25-17-21(32-12-14-34-15-13-32)16-24-26(25)29-11-10-28-24/h5,10-11,16-18,20,22H,3-4,6-9,12-15H2,1-2H3,(H,31,33)/b23-5-,30-18?. The number of fused-ring (bicyclic) bond motifs is 1. The highest BCUT2D eigenvalue weighted by molar-refractivity contribution is 5.95. The SMILES string of the molecule is C=C(C=N/C(=C\C)C(=O)NC1CCC(Oc2cc(N3CCOCC3)cc3nccnc23)CC1)CC. The molecule has 0 unspecified atom stereocenters. The Morgan fingerprint density at radius 1 is 1.23 bits per heavy atom. The predicted molar refractivity (Wildman–Crippen MR) is 139 cm³/mol. The number of carbonyl (C=O) groups is 1. The first kappa shape index (κ1) is 24.9. The van der Waals surface area contributed by atoms with Crippen LogP contribution in [-0.2, 0) is 9.53 Å². The lowest BCUT2D eigenvalue weighted by Gasteiger charge is -2.31. The zero-order valence-corrected chi connectivity index (χ0v) is 20.7. The molecule has 186 valence electrons. The van der Waals surface area contributed by atoms with Crippen LogP contribution in [-0.4, -0.2) is 60.5 Å². The number of carbonyl (C=O) groups excluding carboxylic acids is 1. The van der Waals surface area contributed by atoms with Gasteiger partial charge in [-0.15, -0.1) is 0 Å². The topological polar surface area (TPSA) is 88.9 Å². The molecule has 1 saturated carbocycles. The predicted octanol–water partition coefficient (Wildman–Crippen LogP) is 4.21. The Bertz CT molecular complexity index is 1100. The van der Waals surface area contributed by atoms with Crippen molar-refractivity contribution in [1.82, 2.24) is 15.3 Å². The van der Waals surface area contributed by atoms with Crippen molar-refractivity contribution in [2.75, 3.05) is 31.2 Å². The number of aromatic nitrogens is 2. The highest BCUT2D eigenvalue weighted by Crippen LogP contribution is 2.33. The maximum atomic E-state index is 12.7. The van der Waals surface area contributed by atoms with Gasteiger partial charge in [-0.25, -0.2) is 4.98 Å². The summed E-state index contributed by atoms with van der Waals surface area (Å²) in [4.78, 5) is 28.3. The van der Waals surface area contributed by atoms with Crippen LogP contribution in [0.15, 0.2) is 53.4 Å². The molecular formula is C27H35N5O3. The zero-order valence-electron chi connectivity index (χ0n) is 20.7. The molecule has 1 N–H and O–H groups in total. The van der Waals surface area contributed by atoms with E-state index in [-0.39, 0.29) is 18.1 Å². The van der Waals surface area contributed by atoms with E-state index in [0.29, 0.717) is 5.70 Å². The van der Waals surface area contributed by atoms with Crippen LogP contribution >= 0.6 is 0 Å². The Morgan fingerprint density at radius 2 is 1.97 bits per heavy atom. The van der Waals surface area contributed by atoms with E-state index in [1.807, 2.05) is 13.8 Å². The maximum Gasteiger partial charge on any atom is 0.269 e. The van der Waals surface area contributed by atoms with Crippen molar-refractivity contribution >= 4 is 28.8 Å². The largest absolute Gasteiger partial charge is 0.488 e. The molecule has 2 heterocycles. The van der Waals surface area contributed by atoms with Gasteiger partial charge in [0.15, 0.2) is 0 Å². The molecule has 1 saturated heterocycles. The van der Waals surface area contributed by atoms with Gasteiger partial charge in [-0.05, 0) is 50.7 Å². The number of nitrogens with zero attached hydrogens (tertiary/aromatic N) is 4. The minimum atomic E-state index is -0.142. The van der Waals surface area contributed by atoms with E-state index in [1.165, 1.54) is 0 Å². The third-order valence-electron chi connectivity index (χ3n) is 6.55. The maximum absolute atomic E-state index is 12.7. The van der Waals surface area contributed by atoms with Crippen molar-refractivity contribution in [1.29, 1.82) is 0 Å². The molecule has 1 amide bonds. The van der Waals surface area contributed by atoms with Gasteiger partial charge >= 0.3 is 0 Å². The van der Waals surface area contributed by atoms with E-state index in [0.717, 1.165) is 86.5 Å². The summed E-state index contributed by atoms with van der Waals surface area (Å²) in [5, 5.41) is 3.13. The Hall–Kier alpha value is -3.26. The molecule has 1 aromatic carbocycles. The van der Waals surface area contributed by atoms with Crippen LogP contribution in [0.3, 0.4) is 0 Å². The second kappa shape index (κ2) is 11.9. The molecule has 0 radical (unpaired) electrons. The third-order valence-corrected chi connectivity index (χ3v) is 6.55. The van der Waals surface area contributed by atoms with Gasteiger partial charge in [-0.2, -0.15) is 0 Å². The smallest absolute Gasteiger partial charge is 0.269 e. The molecule has 1 aliphatic heterocycles. The molecule has 8 nitrogen and oxygen atoms in total. The molecule has 0 spiro atoms. The number of morpholine rings is 1. The quantitative estimate of drug-likeness (QED) is 0.453. The number of allylic oxidation sites excluding steroid dienone is 2. The lowest BCUT2D eigenvalue weighted by molar-refractivity contribution is -0.118. The van der Waals surface area contributed by atoms with Gasteiger partial charge in [0.1, 0.15) is 17.0 Å². The summed E-state index contributed by atoms with van der Waals surface area (Å²) in [6.07, 6.45) is 11.1. The Balaban J connectivity index is 1.38. The van der Waals surface area contributed by atoms with Crippen LogP contribution in [0, 0.1) is 0 Å². The number of rotatable bonds is 8. The zero-order chi connectivity index (χ0) is 24.6. The van der Waals surface area contributed by atoms with Gasteiger partial charge < -0.3 is 19.7 Å². The number of hydrogen-bond donors (Lipinski definition) is 1. The van der Waals surface area contributed by atoms with Gasteiger partial charge in [0.05, 0.1) is 24.8 Å². The number of nitrogens with one attached hydrogen (secondary N) is 1. The van der Waals surface area contributed by atoms with Crippen LogP contribution in [0.4, 0.5) is 5.69 Å². The third kappa shape index (κ3) is 6.45. The first-order valence-corrected chi connectivity index (χ1v) is 12.5. The Labute approximate surface area is 207 Å². The van der Waals surface area contributed by atoms with Gasteiger partial charge in [0.2, 0.25) is 0 Å². The fraction of sp³-hybridized carbons (Fsp3) is 0.481. The molecule has 2 aliphatic rings. The van der Waals surface area contributed by atoms with E-state index in [1.54, 1.807) is 24.7 Å². The molecule has 1 aromatic heterocycles. The van der Waals surface area contributed by atoms with E-state index >= 15 is 0 Å². The number of amides is 1. The van der Waals surface area contributed by atoms with Gasteiger partial charge in [0, 0.05) is 49.5 Å². The summed E-state index contributed by atoms with van der Waals surface area (Å²) in [6.45, 7) is 10.9. The van der Waals surface area contributed by atoms with E-state index in [4.69, 9.17) is 9.47 Å². The highest BCUT2D eigenvalue weighted by atomic mass is 16.5. The summed E-state index contributed by atoms with van der Waals surface area (Å²) in [6, 6.07) is 4.26. The van der Waals surface area contributed by atoms with E-state index < -0.39 is 0 Å². The average Bonchev–Trinajstić information content (AvgIpc) is 2.90. The monoisotopic (exact) mass is 477 g/mol. The van der Waals surface area contributed by atoms with Crippen LogP contribution in [0.2, 0.25) is 0 Å². The fourth-order valence-corrected chi connectivity index (χ4v) is 4.40. The van der Waals surface area contributed by atoms with Crippen molar-refractivity contribution in [3.63, 3.8) is 0 Å². The second-order valence-electron chi connectivity index (χ2n) is 8.98. The van der Waals surface area contributed by atoms with Crippen LogP contribution in [0.5, 0.6) is 5.75 Å². The molecule has 35 heavy (non-hydrogen) atoms. The molecule has 2 fully saturated rings. The first-order chi connectivity index (χ1) is 17.1. The van der Waals surface area contributed by atoms with Crippen LogP contribution in [0.1, 0.15) is 46.0 Å². The van der Waals surface area contributed by atoms with Crippen LogP contribution in [0.25, 0.3) is 11.0 Å². The van der Waals surface area contributed by atoms with Crippen molar-refractivity contribution in [2.45, 2.75) is 58.1 Å². The van der Waals surface area contributed by atoms with Gasteiger partial charge in [-0.3, -0.25) is 14.8 Å². The van der Waals surface area contributed by atoms with Crippen molar-refractivity contribution in [3.05, 3.63) is 48.5 Å².